The lowest BCUT2D eigenvalue weighted by Gasteiger charge is -2.09. The Morgan fingerprint density at radius 1 is 1.69 bits per heavy atom. The van der Waals surface area contributed by atoms with Gasteiger partial charge in [-0.25, -0.2) is 4.98 Å². The van der Waals surface area contributed by atoms with Gasteiger partial charge in [-0.3, -0.25) is 0 Å². The van der Waals surface area contributed by atoms with Crippen LogP contribution in [0.25, 0.3) is 0 Å². The number of hydrogen-bond donors (Lipinski definition) is 1. The maximum atomic E-state index is 5.09. The Morgan fingerprint density at radius 2 is 2.54 bits per heavy atom. The largest absolute Gasteiger partial charge is 0.440 e. The zero-order chi connectivity index (χ0) is 9.52. The molecule has 0 aliphatic carbocycles. The molecule has 74 valence electrons. The van der Waals surface area contributed by atoms with Gasteiger partial charge >= 0.3 is 0 Å². The van der Waals surface area contributed by atoms with Crippen molar-refractivity contribution >= 4 is 11.8 Å². The molecule has 0 saturated carbocycles. The van der Waals surface area contributed by atoms with E-state index in [1.807, 2.05) is 0 Å². The minimum Gasteiger partial charge on any atom is -0.440 e. The zero-order valence-corrected chi connectivity index (χ0v) is 8.93. The number of nitrogens with one attached hydrogen (secondary N) is 1. The maximum Gasteiger partial charge on any atom is 0.255 e. The second kappa shape index (κ2) is 6.05. The highest BCUT2D eigenvalue weighted by Gasteiger charge is 1.99. The van der Waals surface area contributed by atoms with Crippen molar-refractivity contribution in [3.8, 4) is 0 Å². The zero-order valence-electron chi connectivity index (χ0n) is 8.12. The fourth-order valence-corrected chi connectivity index (χ4v) is 1.52. The minimum atomic E-state index is 0.602. The first-order chi connectivity index (χ1) is 6.33. The second-order valence-electron chi connectivity index (χ2n) is 2.91. The first-order valence-corrected chi connectivity index (χ1v) is 5.57. The molecule has 1 rings (SSSR count). The van der Waals surface area contributed by atoms with E-state index in [0.29, 0.717) is 6.04 Å². The van der Waals surface area contributed by atoms with Gasteiger partial charge in [0.25, 0.3) is 5.22 Å². The van der Waals surface area contributed by atoms with Crippen molar-refractivity contribution < 1.29 is 4.42 Å². The lowest BCUT2D eigenvalue weighted by molar-refractivity contribution is 0.453. The van der Waals surface area contributed by atoms with E-state index in [1.165, 1.54) is 6.42 Å². The molecule has 0 aliphatic rings. The van der Waals surface area contributed by atoms with Crippen LogP contribution >= 0.6 is 11.8 Å². The molecular weight excluding hydrogens is 184 g/mol. The SMILES string of the molecule is CCC(C)NCCSc1ncco1. The molecule has 1 atom stereocenters. The lowest BCUT2D eigenvalue weighted by atomic mass is 10.3. The molecule has 0 fully saturated rings. The standard InChI is InChI=1S/C9H16N2OS/c1-3-8(2)10-5-7-13-9-11-4-6-12-9/h4,6,8,10H,3,5,7H2,1-2H3. The van der Waals surface area contributed by atoms with Crippen molar-refractivity contribution in [3.63, 3.8) is 0 Å². The fourth-order valence-electron chi connectivity index (χ4n) is 0.870. The van der Waals surface area contributed by atoms with Crippen molar-refractivity contribution in [2.24, 2.45) is 0 Å². The van der Waals surface area contributed by atoms with Gasteiger partial charge in [0.15, 0.2) is 0 Å². The first-order valence-electron chi connectivity index (χ1n) is 4.58. The molecule has 0 spiro atoms. The van der Waals surface area contributed by atoms with Crippen molar-refractivity contribution in [2.45, 2.75) is 31.5 Å². The molecule has 13 heavy (non-hydrogen) atoms. The molecule has 4 heteroatoms. The summed E-state index contributed by atoms with van der Waals surface area (Å²) in [4.78, 5) is 4.02. The van der Waals surface area contributed by atoms with Gasteiger partial charge in [0.05, 0.1) is 6.20 Å². The van der Waals surface area contributed by atoms with Crippen LogP contribution in [0.15, 0.2) is 22.1 Å². The molecule has 1 N–H and O–H groups in total. The highest BCUT2D eigenvalue weighted by molar-refractivity contribution is 7.99. The topological polar surface area (TPSA) is 38.1 Å². The Bertz CT molecular complexity index is 213. The van der Waals surface area contributed by atoms with Gasteiger partial charge in [0.2, 0.25) is 0 Å². The summed E-state index contributed by atoms with van der Waals surface area (Å²) in [6, 6.07) is 0.602. The molecule has 0 bridgehead atoms. The van der Waals surface area contributed by atoms with Crippen molar-refractivity contribution in [1.82, 2.24) is 10.3 Å². The van der Waals surface area contributed by atoms with Crippen LogP contribution in [0, 0.1) is 0 Å². The summed E-state index contributed by atoms with van der Waals surface area (Å²) in [5, 5.41) is 4.16. The number of hydrogen-bond acceptors (Lipinski definition) is 4. The van der Waals surface area contributed by atoms with E-state index >= 15 is 0 Å². The Kier molecular flexibility index (Phi) is 4.93. The Hall–Kier alpha value is -0.480. The van der Waals surface area contributed by atoms with E-state index in [4.69, 9.17) is 4.42 Å². The van der Waals surface area contributed by atoms with Gasteiger partial charge in [-0.2, -0.15) is 0 Å². The summed E-state index contributed by atoms with van der Waals surface area (Å²) < 4.78 is 5.09. The summed E-state index contributed by atoms with van der Waals surface area (Å²) >= 11 is 1.64. The van der Waals surface area contributed by atoms with Crippen LogP contribution < -0.4 is 5.32 Å². The summed E-state index contributed by atoms with van der Waals surface area (Å²) in [6.45, 7) is 5.37. The molecule has 0 saturated heterocycles. The average Bonchev–Trinajstić information content (AvgIpc) is 2.64. The normalized spacial score (nSPS) is 13.1. The van der Waals surface area contributed by atoms with Gasteiger partial charge < -0.3 is 9.73 Å². The van der Waals surface area contributed by atoms with Gasteiger partial charge in [-0.05, 0) is 13.3 Å². The van der Waals surface area contributed by atoms with E-state index in [2.05, 4.69) is 24.1 Å². The highest BCUT2D eigenvalue weighted by atomic mass is 32.2. The first kappa shape index (κ1) is 10.6. The van der Waals surface area contributed by atoms with E-state index in [0.717, 1.165) is 17.5 Å². The predicted molar refractivity (Wildman–Crippen MR) is 55.0 cm³/mol. The van der Waals surface area contributed by atoms with E-state index < -0.39 is 0 Å². The molecular formula is C9H16N2OS. The molecule has 0 aliphatic heterocycles. The maximum absolute atomic E-state index is 5.09. The van der Waals surface area contributed by atoms with Gasteiger partial charge in [0.1, 0.15) is 6.26 Å². The number of rotatable bonds is 6. The second-order valence-corrected chi connectivity index (χ2v) is 3.96. The van der Waals surface area contributed by atoms with Gasteiger partial charge in [0, 0.05) is 18.3 Å². The quantitative estimate of drug-likeness (QED) is 0.564. The minimum absolute atomic E-state index is 0.602. The summed E-state index contributed by atoms with van der Waals surface area (Å²) in [7, 11) is 0. The van der Waals surface area contributed by atoms with Crippen molar-refractivity contribution in [2.75, 3.05) is 12.3 Å². The number of aromatic nitrogens is 1. The average molecular weight is 200 g/mol. The van der Waals surface area contributed by atoms with Crippen molar-refractivity contribution in [1.29, 1.82) is 0 Å². The highest BCUT2D eigenvalue weighted by Crippen LogP contribution is 2.13. The van der Waals surface area contributed by atoms with E-state index in [-0.39, 0.29) is 0 Å². The van der Waals surface area contributed by atoms with Crippen LogP contribution in [-0.2, 0) is 0 Å². The summed E-state index contributed by atoms with van der Waals surface area (Å²) in [5.74, 6) is 1.00. The molecule has 1 unspecified atom stereocenters. The third kappa shape index (κ3) is 4.33. The molecule has 1 aromatic heterocycles. The van der Waals surface area contributed by atoms with Crippen LogP contribution in [-0.4, -0.2) is 23.3 Å². The van der Waals surface area contributed by atoms with E-state index in [9.17, 15) is 0 Å². The molecule has 0 radical (unpaired) electrons. The fraction of sp³-hybridized carbons (Fsp3) is 0.667. The van der Waals surface area contributed by atoms with Crippen LogP contribution in [0.5, 0.6) is 0 Å². The van der Waals surface area contributed by atoms with Crippen LogP contribution in [0.3, 0.4) is 0 Å². The monoisotopic (exact) mass is 200 g/mol. The predicted octanol–water partition coefficient (Wildman–Crippen LogP) is 2.15. The molecule has 1 heterocycles. The smallest absolute Gasteiger partial charge is 0.255 e. The van der Waals surface area contributed by atoms with Crippen molar-refractivity contribution in [3.05, 3.63) is 12.5 Å². The van der Waals surface area contributed by atoms with Crippen LogP contribution in [0.1, 0.15) is 20.3 Å². The third-order valence-electron chi connectivity index (χ3n) is 1.84. The van der Waals surface area contributed by atoms with Crippen LogP contribution in [0.4, 0.5) is 0 Å². The number of thioether (sulfide) groups is 1. The summed E-state index contributed by atoms with van der Waals surface area (Å²) in [5.41, 5.74) is 0. The summed E-state index contributed by atoms with van der Waals surface area (Å²) in [6.07, 6.45) is 4.44. The lowest BCUT2D eigenvalue weighted by Crippen LogP contribution is -2.27. The third-order valence-corrected chi connectivity index (χ3v) is 2.70. The number of nitrogens with zero attached hydrogens (tertiary/aromatic N) is 1. The van der Waals surface area contributed by atoms with Crippen LogP contribution in [0.2, 0.25) is 0 Å². The molecule has 3 nitrogen and oxygen atoms in total. The van der Waals surface area contributed by atoms with Gasteiger partial charge in [-0.1, -0.05) is 18.7 Å². The Morgan fingerprint density at radius 3 is 3.15 bits per heavy atom. The molecule has 0 aromatic carbocycles. The molecule has 1 aromatic rings. The van der Waals surface area contributed by atoms with E-state index in [1.54, 1.807) is 24.2 Å². The Labute approximate surface area is 83.3 Å². The number of oxazole rings is 1. The van der Waals surface area contributed by atoms with Gasteiger partial charge in [-0.15, -0.1) is 0 Å². The Balaban J connectivity index is 2.02. The molecule has 0 amide bonds.